The lowest BCUT2D eigenvalue weighted by Crippen LogP contribution is -2.39. The van der Waals surface area contributed by atoms with E-state index in [2.05, 4.69) is 51.6 Å². The molecule has 3 rings (SSSR count). The van der Waals surface area contributed by atoms with Crippen LogP contribution in [-0.2, 0) is 0 Å². The molecule has 0 saturated carbocycles. The minimum Gasteiger partial charge on any atom is -0.365 e. The summed E-state index contributed by atoms with van der Waals surface area (Å²) < 4.78 is 0. The fourth-order valence-electron chi connectivity index (χ4n) is 3.15. The Balaban J connectivity index is 1.73. The van der Waals surface area contributed by atoms with E-state index < -0.39 is 0 Å². The zero-order chi connectivity index (χ0) is 14.7. The number of hydrogen-bond acceptors (Lipinski definition) is 4. The molecule has 1 fully saturated rings. The summed E-state index contributed by atoms with van der Waals surface area (Å²) in [5.41, 5.74) is 0.994. The third-order valence-electron chi connectivity index (χ3n) is 4.34. The van der Waals surface area contributed by atoms with Crippen molar-refractivity contribution in [3.05, 3.63) is 30.0 Å². The zero-order valence-corrected chi connectivity index (χ0v) is 13.0. The number of anilines is 1. The molecule has 0 unspecified atom stereocenters. The van der Waals surface area contributed by atoms with Gasteiger partial charge in [0.1, 0.15) is 0 Å². The molecule has 0 aliphatic carbocycles. The Morgan fingerprint density at radius 1 is 1.14 bits per heavy atom. The largest absolute Gasteiger partial charge is 0.365 e. The van der Waals surface area contributed by atoms with Gasteiger partial charge in [0, 0.05) is 29.9 Å². The standard InChI is InChI=1S/C17H24N4/c1-3-10-21-11-8-14(9-12-21)18-17-16-7-5-4-6-15(16)13(2)19-20-17/h4-7,14H,3,8-12H2,1-2H3,(H,18,20). The van der Waals surface area contributed by atoms with E-state index in [1.54, 1.807) is 0 Å². The maximum atomic E-state index is 4.38. The predicted octanol–water partition coefficient (Wildman–Crippen LogP) is 3.22. The summed E-state index contributed by atoms with van der Waals surface area (Å²) in [5.74, 6) is 0.935. The second-order valence-corrected chi connectivity index (χ2v) is 5.94. The van der Waals surface area contributed by atoms with Crippen molar-refractivity contribution in [2.24, 2.45) is 0 Å². The average Bonchev–Trinajstić information content (AvgIpc) is 2.52. The van der Waals surface area contributed by atoms with Crippen LogP contribution >= 0.6 is 0 Å². The van der Waals surface area contributed by atoms with Gasteiger partial charge >= 0.3 is 0 Å². The number of piperidine rings is 1. The van der Waals surface area contributed by atoms with Gasteiger partial charge < -0.3 is 10.2 Å². The van der Waals surface area contributed by atoms with Gasteiger partial charge in [-0.25, -0.2) is 0 Å². The van der Waals surface area contributed by atoms with Crippen LogP contribution < -0.4 is 5.32 Å². The van der Waals surface area contributed by atoms with Crippen molar-refractivity contribution in [1.29, 1.82) is 0 Å². The number of aryl methyl sites for hydroxylation is 1. The lowest BCUT2D eigenvalue weighted by atomic mass is 10.0. The first-order chi connectivity index (χ1) is 10.3. The number of rotatable bonds is 4. The fourth-order valence-corrected chi connectivity index (χ4v) is 3.15. The molecule has 2 heterocycles. The maximum absolute atomic E-state index is 4.38. The molecule has 0 atom stereocenters. The highest BCUT2D eigenvalue weighted by Gasteiger charge is 2.19. The first-order valence-electron chi connectivity index (χ1n) is 7.99. The highest BCUT2D eigenvalue weighted by Crippen LogP contribution is 2.24. The summed E-state index contributed by atoms with van der Waals surface area (Å²) in [6, 6.07) is 8.89. The van der Waals surface area contributed by atoms with Gasteiger partial charge in [-0.2, -0.15) is 5.10 Å². The Bertz CT molecular complexity index is 603. The van der Waals surface area contributed by atoms with E-state index in [1.807, 2.05) is 6.92 Å². The Kier molecular flexibility index (Phi) is 4.34. The van der Waals surface area contributed by atoms with Crippen LogP contribution in [0.25, 0.3) is 10.8 Å². The molecule has 0 spiro atoms. The van der Waals surface area contributed by atoms with Crippen molar-refractivity contribution in [2.45, 2.75) is 39.2 Å². The number of aromatic nitrogens is 2. The molecular weight excluding hydrogens is 260 g/mol. The number of benzene rings is 1. The van der Waals surface area contributed by atoms with E-state index >= 15 is 0 Å². The van der Waals surface area contributed by atoms with E-state index in [1.165, 1.54) is 49.7 Å². The smallest absolute Gasteiger partial charge is 0.156 e. The summed E-state index contributed by atoms with van der Waals surface area (Å²) in [5, 5.41) is 14.7. The zero-order valence-electron chi connectivity index (χ0n) is 13.0. The SMILES string of the molecule is CCCN1CCC(Nc2nnc(C)c3ccccc23)CC1. The molecule has 1 aromatic heterocycles. The van der Waals surface area contributed by atoms with E-state index in [9.17, 15) is 0 Å². The van der Waals surface area contributed by atoms with Crippen LogP contribution in [0.3, 0.4) is 0 Å². The number of likely N-dealkylation sites (tertiary alicyclic amines) is 1. The van der Waals surface area contributed by atoms with Gasteiger partial charge in [0.2, 0.25) is 0 Å². The number of nitrogens with zero attached hydrogens (tertiary/aromatic N) is 3. The average molecular weight is 284 g/mol. The molecule has 4 nitrogen and oxygen atoms in total. The fraction of sp³-hybridized carbons (Fsp3) is 0.529. The van der Waals surface area contributed by atoms with Crippen molar-refractivity contribution in [1.82, 2.24) is 15.1 Å². The lowest BCUT2D eigenvalue weighted by Gasteiger charge is -2.32. The topological polar surface area (TPSA) is 41.0 Å². The minimum absolute atomic E-state index is 0.513. The molecule has 1 aliphatic heterocycles. The number of hydrogen-bond donors (Lipinski definition) is 1. The van der Waals surface area contributed by atoms with Gasteiger partial charge in [-0.05, 0) is 32.7 Å². The van der Waals surface area contributed by atoms with Crippen molar-refractivity contribution in [3.63, 3.8) is 0 Å². The van der Waals surface area contributed by atoms with Crippen molar-refractivity contribution < 1.29 is 0 Å². The van der Waals surface area contributed by atoms with E-state index in [4.69, 9.17) is 0 Å². The van der Waals surface area contributed by atoms with Crippen LogP contribution in [0.5, 0.6) is 0 Å². The molecule has 112 valence electrons. The summed E-state index contributed by atoms with van der Waals surface area (Å²) in [4.78, 5) is 2.55. The predicted molar refractivity (Wildman–Crippen MR) is 87.7 cm³/mol. The van der Waals surface area contributed by atoms with Crippen LogP contribution in [0.4, 0.5) is 5.82 Å². The Hall–Kier alpha value is -1.68. The second-order valence-electron chi connectivity index (χ2n) is 5.94. The molecule has 0 bridgehead atoms. The third kappa shape index (κ3) is 3.16. The summed E-state index contributed by atoms with van der Waals surface area (Å²) in [6.45, 7) is 7.85. The summed E-state index contributed by atoms with van der Waals surface area (Å²) in [6.07, 6.45) is 3.61. The first-order valence-corrected chi connectivity index (χ1v) is 7.99. The molecule has 4 heteroatoms. The summed E-state index contributed by atoms with van der Waals surface area (Å²) >= 11 is 0. The van der Waals surface area contributed by atoms with E-state index in [0.717, 1.165) is 11.5 Å². The van der Waals surface area contributed by atoms with E-state index in [-0.39, 0.29) is 0 Å². The van der Waals surface area contributed by atoms with Crippen molar-refractivity contribution >= 4 is 16.6 Å². The summed E-state index contributed by atoms with van der Waals surface area (Å²) in [7, 11) is 0. The molecule has 2 aromatic rings. The Labute approximate surface area is 126 Å². The van der Waals surface area contributed by atoms with Crippen LogP contribution in [0.15, 0.2) is 24.3 Å². The van der Waals surface area contributed by atoms with Crippen LogP contribution in [0, 0.1) is 6.92 Å². The normalized spacial score (nSPS) is 17.2. The molecule has 1 aliphatic rings. The lowest BCUT2D eigenvalue weighted by molar-refractivity contribution is 0.219. The molecule has 1 aromatic carbocycles. The van der Waals surface area contributed by atoms with Gasteiger partial charge in [0.25, 0.3) is 0 Å². The highest BCUT2D eigenvalue weighted by molar-refractivity contribution is 5.92. The van der Waals surface area contributed by atoms with Crippen LogP contribution in [-0.4, -0.2) is 40.8 Å². The van der Waals surface area contributed by atoms with Gasteiger partial charge in [-0.3, -0.25) is 0 Å². The second kappa shape index (κ2) is 6.39. The van der Waals surface area contributed by atoms with Crippen LogP contribution in [0.2, 0.25) is 0 Å². The molecule has 1 saturated heterocycles. The maximum Gasteiger partial charge on any atom is 0.156 e. The molecular formula is C17H24N4. The van der Waals surface area contributed by atoms with Crippen LogP contribution in [0.1, 0.15) is 31.9 Å². The van der Waals surface area contributed by atoms with Crippen molar-refractivity contribution in [2.75, 3.05) is 25.0 Å². The molecule has 0 amide bonds. The quantitative estimate of drug-likeness (QED) is 0.936. The Morgan fingerprint density at radius 3 is 2.57 bits per heavy atom. The Morgan fingerprint density at radius 2 is 1.86 bits per heavy atom. The monoisotopic (exact) mass is 284 g/mol. The van der Waals surface area contributed by atoms with Gasteiger partial charge in [-0.1, -0.05) is 31.2 Å². The molecule has 0 radical (unpaired) electrons. The first kappa shape index (κ1) is 14.3. The van der Waals surface area contributed by atoms with E-state index in [0.29, 0.717) is 6.04 Å². The van der Waals surface area contributed by atoms with Gasteiger partial charge in [0.05, 0.1) is 5.69 Å². The molecule has 21 heavy (non-hydrogen) atoms. The number of fused-ring (bicyclic) bond motifs is 1. The highest BCUT2D eigenvalue weighted by atomic mass is 15.2. The third-order valence-corrected chi connectivity index (χ3v) is 4.34. The minimum atomic E-state index is 0.513. The molecule has 1 N–H and O–H groups in total. The number of nitrogens with one attached hydrogen (secondary N) is 1. The van der Waals surface area contributed by atoms with Gasteiger partial charge in [-0.15, -0.1) is 5.10 Å². The van der Waals surface area contributed by atoms with Gasteiger partial charge in [0.15, 0.2) is 5.82 Å². The van der Waals surface area contributed by atoms with Crippen molar-refractivity contribution in [3.8, 4) is 0 Å².